The SMILES string of the molecule is CCCCSc1cc(CCCC)cc(-n2c(C(F)(F)F)nc3cc(C(=O)O)ccc32)c1. The summed E-state index contributed by atoms with van der Waals surface area (Å²) in [5.41, 5.74) is 1.51. The topological polar surface area (TPSA) is 55.1 Å². The van der Waals surface area contributed by atoms with Gasteiger partial charge in [-0.15, -0.1) is 11.8 Å². The Bertz CT molecular complexity index is 1080. The summed E-state index contributed by atoms with van der Waals surface area (Å²) >= 11 is 1.64. The smallest absolute Gasteiger partial charge is 0.450 e. The van der Waals surface area contributed by atoms with Gasteiger partial charge >= 0.3 is 12.1 Å². The van der Waals surface area contributed by atoms with E-state index in [0.717, 1.165) is 52.9 Å². The fraction of sp³-hybridized carbons (Fsp3) is 0.391. The van der Waals surface area contributed by atoms with Crippen LogP contribution in [-0.4, -0.2) is 26.4 Å². The zero-order chi connectivity index (χ0) is 22.6. The lowest BCUT2D eigenvalue weighted by Crippen LogP contribution is -2.14. The number of hydrogen-bond acceptors (Lipinski definition) is 3. The average molecular weight is 451 g/mol. The number of aryl methyl sites for hydroxylation is 1. The molecule has 1 N–H and O–H groups in total. The van der Waals surface area contributed by atoms with Crippen LogP contribution in [0.1, 0.15) is 61.3 Å². The van der Waals surface area contributed by atoms with Crippen molar-refractivity contribution in [1.82, 2.24) is 9.55 Å². The molecule has 0 aliphatic rings. The molecule has 0 amide bonds. The second kappa shape index (κ2) is 9.77. The van der Waals surface area contributed by atoms with Crippen LogP contribution < -0.4 is 0 Å². The molecule has 1 heterocycles. The fourth-order valence-electron chi connectivity index (χ4n) is 3.38. The molecule has 0 spiro atoms. The molecule has 4 nitrogen and oxygen atoms in total. The minimum absolute atomic E-state index is 0.00590. The highest BCUT2D eigenvalue weighted by atomic mass is 32.2. The average Bonchev–Trinajstić information content (AvgIpc) is 3.11. The second-order valence-electron chi connectivity index (χ2n) is 7.42. The number of imidazole rings is 1. The van der Waals surface area contributed by atoms with Crippen LogP contribution in [0, 0.1) is 0 Å². The van der Waals surface area contributed by atoms with E-state index in [4.69, 9.17) is 0 Å². The molecule has 0 saturated carbocycles. The van der Waals surface area contributed by atoms with Gasteiger partial charge in [0.2, 0.25) is 5.82 Å². The summed E-state index contributed by atoms with van der Waals surface area (Å²) in [6, 6.07) is 9.47. The van der Waals surface area contributed by atoms with Gasteiger partial charge in [-0.2, -0.15) is 13.2 Å². The minimum Gasteiger partial charge on any atom is -0.478 e. The van der Waals surface area contributed by atoms with E-state index >= 15 is 0 Å². The number of aromatic carboxylic acids is 1. The van der Waals surface area contributed by atoms with Gasteiger partial charge in [0.1, 0.15) is 0 Å². The van der Waals surface area contributed by atoms with Crippen molar-refractivity contribution in [3.05, 3.63) is 53.3 Å². The van der Waals surface area contributed by atoms with Crippen LogP contribution in [0.2, 0.25) is 0 Å². The Kier molecular flexibility index (Phi) is 7.30. The van der Waals surface area contributed by atoms with Crippen LogP contribution >= 0.6 is 11.8 Å². The van der Waals surface area contributed by atoms with Crippen LogP contribution in [0.5, 0.6) is 0 Å². The summed E-state index contributed by atoms with van der Waals surface area (Å²) < 4.78 is 42.7. The molecule has 0 atom stereocenters. The molecule has 0 radical (unpaired) electrons. The summed E-state index contributed by atoms with van der Waals surface area (Å²) in [6.45, 7) is 4.17. The fourth-order valence-corrected chi connectivity index (χ4v) is 4.49. The van der Waals surface area contributed by atoms with Crippen LogP contribution in [-0.2, 0) is 12.6 Å². The Morgan fingerprint density at radius 2 is 1.84 bits per heavy atom. The summed E-state index contributed by atoms with van der Waals surface area (Å²) in [6.07, 6.45) is 0.106. The van der Waals surface area contributed by atoms with E-state index in [1.807, 2.05) is 0 Å². The molecule has 1 aromatic heterocycles. The van der Waals surface area contributed by atoms with Crippen molar-refractivity contribution < 1.29 is 23.1 Å². The number of benzene rings is 2. The number of aromatic nitrogens is 2. The van der Waals surface area contributed by atoms with Gasteiger partial charge in [0.25, 0.3) is 0 Å². The molecular weight excluding hydrogens is 425 g/mol. The van der Waals surface area contributed by atoms with Gasteiger partial charge in [0, 0.05) is 10.6 Å². The number of unbranched alkanes of at least 4 members (excludes halogenated alkanes) is 2. The first-order chi connectivity index (χ1) is 14.7. The van der Waals surface area contributed by atoms with Crippen LogP contribution in [0.15, 0.2) is 41.3 Å². The summed E-state index contributed by atoms with van der Waals surface area (Å²) in [5.74, 6) is -1.37. The van der Waals surface area contributed by atoms with Gasteiger partial charge in [-0.25, -0.2) is 9.78 Å². The molecule has 31 heavy (non-hydrogen) atoms. The lowest BCUT2D eigenvalue weighted by Gasteiger charge is -2.15. The number of rotatable bonds is 9. The Morgan fingerprint density at radius 1 is 1.10 bits per heavy atom. The molecule has 0 fully saturated rings. The highest BCUT2D eigenvalue weighted by Gasteiger charge is 2.38. The monoisotopic (exact) mass is 450 g/mol. The van der Waals surface area contributed by atoms with Crippen molar-refractivity contribution in [2.75, 3.05) is 5.75 Å². The molecule has 3 rings (SSSR count). The maximum absolute atomic E-state index is 13.9. The molecule has 0 aliphatic carbocycles. The molecule has 0 aliphatic heterocycles. The quantitative estimate of drug-likeness (QED) is 0.282. The van der Waals surface area contributed by atoms with Gasteiger partial charge in [-0.3, -0.25) is 4.57 Å². The zero-order valence-corrected chi connectivity index (χ0v) is 18.3. The first-order valence-electron chi connectivity index (χ1n) is 10.3. The van der Waals surface area contributed by atoms with Crippen molar-refractivity contribution in [2.45, 2.75) is 57.0 Å². The van der Waals surface area contributed by atoms with Crippen molar-refractivity contribution in [1.29, 1.82) is 0 Å². The number of thioether (sulfide) groups is 1. The largest absolute Gasteiger partial charge is 0.478 e. The van der Waals surface area contributed by atoms with Crippen molar-refractivity contribution in [3.8, 4) is 5.69 Å². The summed E-state index contributed by atoms with van der Waals surface area (Å²) in [7, 11) is 0. The molecule has 2 aromatic carbocycles. The van der Waals surface area contributed by atoms with Gasteiger partial charge in [0.05, 0.1) is 16.6 Å². The lowest BCUT2D eigenvalue weighted by molar-refractivity contribution is -0.145. The third kappa shape index (κ3) is 5.42. The molecule has 8 heteroatoms. The van der Waals surface area contributed by atoms with Crippen LogP contribution in [0.4, 0.5) is 13.2 Å². The number of halogens is 3. The standard InChI is InChI=1S/C23H25F3N2O2S/c1-3-5-7-15-11-17(14-18(12-15)31-10-6-4-2)28-20-9-8-16(21(29)30)13-19(20)27-22(28)23(24,25)26/h8-9,11-14H,3-7,10H2,1-2H3,(H,29,30). The van der Waals surface area contributed by atoms with Gasteiger partial charge < -0.3 is 5.11 Å². The zero-order valence-electron chi connectivity index (χ0n) is 17.5. The lowest BCUT2D eigenvalue weighted by atomic mass is 10.1. The highest BCUT2D eigenvalue weighted by Crippen LogP contribution is 2.35. The minimum atomic E-state index is -4.68. The van der Waals surface area contributed by atoms with E-state index in [9.17, 15) is 23.1 Å². The van der Waals surface area contributed by atoms with E-state index in [1.54, 1.807) is 23.9 Å². The normalized spacial score (nSPS) is 11.9. The molecular formula is C23H25F3N2O2S. The molecule has 166 valence electrons. The van der Waals surface area contributed by atoms with E-state index in [2.05, 4.69) is 24.9 Å². The highest BCUT2D eigenvalue weighted by molar-refractivity contribution is 7.99. The third-order valence-electron chi connectivity index (χ3n) is 4.95. The van der Waals surface area contributed by atoms with E-state index < -0.39 is 18.0 Å². The molecule has 0 unspecified atom stereocenters. The third-order valence-corrected chi connectivity index (χ3v) is 6.01. The Hall–Kier alpha value is -2.48. The Balaban J connectivity index is 2.19. The van der Waals surface area contributed by atoms with Crippen molar-refractivity contribution >= 4 is 28.8 Å². The Labute approximate surface area is 183 Å². The number of alkyl halides is 3. The molecule has 0 saturated heterocycles. The van der Waals surface area contributed by atoms with E-state index in [1.165, 1.54) is 18.2 Å². The number of hydrogen-bond donors (Lipinski definition) is 1. The maximum atomic E-state index is 13.9. The van der Waals surface area contributed by atoms with Crippen molar-refractivity contribution in [2.24, 2.45) is 0 Å². The second-order valence-corrected chi connectivity index (χ2v) is 8.59. The maximum Gasteiger partial charge on any atom is 0.450 e. The van der Waals surface area contributed by atoms with Crippen LogP contribution in [0.25, 0.3) is 16.7 Å². The van der Waals surface area contributed by atoms with Gasteiger partial charge in [-0.1, -0.05) is 26.7 Å². The molecule has 0 bridgehead atoms. The summed E-state index contributed by atoms with van der Waals surface area (Å²) in [5, 5.41) is 9.20. The number of fused-ring (bicyclic) bond motifs is 1. The first-order valence-corrected chi connectivity index (χ1v) is 11.3. The number of nitrogens with zero attached hydrogens (tertiary/aromatic N) is 2. The number of carboxylic acid groups (broad SMARTS) is 1. The number of carbonyl (C=O) groups is 1. The van der Waals surface area contributed by atoms with Gasteiger partial charge in [0.15, 0.2) is 0 Å². The van der Waals surface area contributed by atoms with Gasteiger partial charge in [-0.05, 0) is 67.0 Å². The summed E-state index contributed by atoms with van der Waals surface area (Å²) in [4.78, 5) is 16.0. The Morgan fingerprint density at radius 3 is 2.48 bits per heavy atom. The number of carboxylic acids is 1. The first kappa shape index (κ1) is 23.2. The van der Waals surface area contributed by atoms with Crippen LogP contribution in [0.3, 0.4) is 0 Å². The molecule has 3 aromatic rings. The predicted octanol–water partition coefficient (Wildman–Crippen LogP) is 6.98. The predicted molar refractivity (Wildman–Crippen MR) is 117 cm³/mol. The van der Waals surface area contributed by atoms with Crippen molar-refractivity contribution in [3.63, 3.8) is 0 Å². The van der Waals surface area contributed by atoms with E-state index in [-0.39, 0.29) is 16.6 Å². The van der Waals surface area contributed by atoms with E-state index in [0.29, 0.717) is 5.69 Å².